The van der Waals surface area contributed by atoms with Crippen molar-refractivity contribution in [2.45, 2.75) is 129 Å². The number of unbranched alkanes of at least 4 members (excludes halogenated alkanes) is 15. The minimum absolute atomic E-state index is 0.283. The lowest BCUT2D eigenvalue weighted by molar-refractivity contribution is -0.0780. The molecule has 0 saturated heterocycles. The Balaban J connectivity index is 3.00. The second-order valence-electron chi connectivity index (χ2n) is 7.20. The van der Waals surface area contributed by atoms with Crippen molar-refractivity contribution in [3.8, 4) is 0 Å². The van der Waals surface area contributed by atoms with Crippen molar-refractivity contribution >= 4 is 0 Å². The van der Waals surface area contributed by atoms with Crippen LogP contribution in [0.15, 0.2) is 0 Å². The average Bonchev–Trinajstić information content (AvgIpc) is 2.45. The van der Waals surface area contributed by atoms with Gasteiger partial charge in [0.1, 0.15) is 0 Å². The number of hydrogen-bond acceptors (Lipinski definition) is 1. The molecule has 22 heavy (non-hydrogen) atoms. The quantitative estimate of drug-likeness (QED) is 0.279. The zero-order valence-electron chi connectivity index (χ0n) is 15.3. The highest BCUT2D eigenvalue weighted by atomic mass is 19.2. The van der Waals surface area contributed by atoms with E-state index in [0.717, 1.165) is 12.8 Å². The Kier molecular flexibility index (Phi) is 15.7. The van der Waals surface area contributed by atoms with Crippen LogP contribution in [0, 0.1) is 0 Å². The van der Waals surface area contributed by atoms with Crippen LogP contribution in [-0.2, 0) is 0 Å². The predicted molar refractivity (Wildman–Crippen MR) is 95.9 cm³/mol. The first kappa shape index (κ1) is 21.9. The van der Waals surface area contributed by atoms with Crippen LogP contribution in [0.25, 0.3) is 0 Å². The van der Waals surface area contributed by atoms with Gasteiger partial charge < -0.3 is 5.11 Å². The smallest absolute Gasteiger partial charge is 0.203 e. The molecule has 2 heteroatoms. The van der Waals surface area contributed by atoms with Crippen LogP contribution >= 0.6 is 0 Å². The fraction of sp³-hybridized carbons (Fsp3) is 1.00. The van der Waals surface area contributed by atoms with Crippen LogP contribution in [0.1, 0.15) is 123 Å². The molecule has 0 bridgehead atoms. The first-order valence-corrected chi connectivity index (χ1v) is 9.97. The van der Waals surface area contributed by atoms with Crippen LogP contribution in [0.3, 0.4) is 0 Å². The molecule has 1 nitrogen and oxygen atoms in total. The fourth-order valence-corrected chi connectivity index (χ4v) is 3.00. The van der Waals surface area contributed by atoms with Crippen molar-refractivity contribution < 1.29 is 9.50 Å². The van der Waals surface area contributed by atoms with Gasteiger partial charge in [0, 0.05) is 6.42 Å². The van der Waals surface area contributed by atoms with Gasteiger partial charge in [-0.05, 0) is 13.3 Å². The van der Waals surface area contributed by atoms with Gasteiger partial charge in [-0.1, -0.05) is 103 Å². The normalized spacial score (nSPS) is 14.2. The van der Waals surface area contributed by atoms with Gasteiger partial charge in [0.2, 0.25) is 5.85 Å². The molecule has 0 rings (SSSR count). The Labute approximate surface area is 139 Å². The summed E-state index contributed by atoms with van der Waals surface area (Å²) in [5.74, 6) is -1.96. The Morgan fingerprint density at radius 1 is 0.591 bits per heavy atom. The molecule has 0 radical (unpaired) electrons. The van der Waals surface area contributed by atoms with Crippen LogP contribution in [-0.4, -0.2) is 11.0 Å². The highest BCUT2D eigenvalue weighted by Crippen LogP contribution is 2.17. The van der Waals surface area contributed by atoms with Crippen molar-refractivity contribution in [2.24, 2.45) is 0 Å². The van der Waals surface area contributed by atoms with E-state index in [1.54, 1.807) is 0 Å². The molecule has 0 saturated carbocycles. The topological polar surface area (TPSA) is 20.2 Å². The van der Waals surface area contributed by atoms with Gasteiger partial charge in [-0.2, -0.15) is 0 Å². The van der Waals surface area contributed by atoms with E-state index in [1.807, 2.05) is 0 Å². The lowest BCUT2D eigenvalue weighted by atomic mass is 10.0. The molecular weight excluding hydrogens is 275 g/mol. The third kappa shape index (κ3) is 19.9. The molecule has 0 heterocycles. The molecular formula is C20H41FO. The van der Waals surface area contributed by atoms with Crippen molar-refractivity contribution in [2.75, 3.05) is 0 Å². The van der Waals surface area contributed by atoms with Gasteiger partial charge in [0.25, 0.3) is 0 Å². The second-order valence-corrected chi connectivity index (χ2v) is 7.20. The molecule has 1 atom stereocenters. The Morgan fingerprint density at radius 3 is 1.14 bits per heavy atom. The minimum atomic E-state index is -1.96. The van der Waals surface area contributed by atoms with E-state index in [2.05, 4.69) is 6.92 Å². The fourth-order valence-electron chi connectivity index (χ4n) is 3.00. The van der Waals surface area contributed by atoms with Gasteiger partial charge in [-0.3, -0.25) is 0 Å². The molecule has 134 valence electrons. The molecule has 0 aromatic carbocycles. The standard InChI is InChI=1S/C20H41FO/c1-3-4-5-6-7-8-9-10-11-12-13-14-15-16-17-18-19-20(2,21)22/h22H,3-19H2,1-2H3. The monoisotopic (exact) mass is 316 g/mol. The number of hydrogen-bond donors (Lipinski definition) is 1. The van der Waals surface area contributed by atoms with E-state index in [0.29, 0.717) is 0 Å². The van der Waals surface area contributed by atoms with E-state index in [1.165, 1.54) is 96.8 Å². The molecule has 0 aliphatic heterocycles. The second kappa shape index (κ2) is 15.8. The summed E-state index contributed by atoms with van der Waals surface area (Å²) in [6.45, 7) is 3.52. The number of halogens is 1. The lowest BCUT2D eigenvalue weighted by Crippen LogP contribution is -2.15. The third-order valence-corrected chi connectivity index (χ3v) is 4.49. The summed E-state index contributed by atoms with van der Waals surface area (Å²) < 4.78 is 12.8. The van der Waals surface area contributed by atoms with Crippen molar-refractivity contribution in [3.05, 3.63) is 0 Å². The van der Waals surface area contributed by atoms with Crippen molar-refractivity contribution in [1.29, 1.82) is 0 Å². The molecule has 1 unspecified atom stereocenters. The first-order chi connectivity index (χ1) is 10.6. The van der Waals surface area contributed by atoms with Gasteiger partial charge in [-0.25, -0.2) is 4.39 Å². The molecule has 0 aromatic heterocycles. The largest absolute Gasteiger partial charge is 0.362 e. The van der Waals surface area contributed by atoms with Crippen LogP contribution in [0.4, 0.5) is 4.39 Å². The van der Waals surface area contributed by atoms with Crippen LogP contribution in [0.5, 0.6) is 0 Å². The lowest BCUT2D eigenvalue weighted by Gasteiger charge is -2.11. The van der Waals surface area contributed by atoms with Gasteiger partial charge in [-0.15, -0.1) is 0 Å². The highest BCUT2D eigenvalue weighted by Gasteiger charge is 2.16. The summed E-state index contributed by atoms with van der Waals surface area (Å²) in [5.41, 5.74) is 0. The van der Waals surface area contributed by atoms with Gasteiger partial charge in [0.15, 0.2) is 0 Å². The summed E-state index contributed by atoms with van der Waals surface area (Å²) in [5, 5.41) is 8.97. The van der Waals surface area contributed by atoms with E-state index in [9.17, 15) is 4.39 Å². The van der Waals surface area contributed by atoms with Crippen molar-refractivity contribution in [1.82, 2.24) is 0 Å². The molecule has 0 aliphatic rings. The van der Waals surface area contributed by atoms with Gasteiger partial charge in [0.05, 0.1) is 0 Å². The maximum absolute atomic E-state index is 12.8. The van der Waals surface area contributed by atoms with E-state index in [4.69, 9.17) is 5.11 Å². The highest BCUT2D eigenvalue weighted by molar-refractivity contribution is 4.57. The number of aliphatic hydroxyl groups is 1. The zero-order chi connectivity index (χ0) is 16.5. The zero-order valence-corrected chi connectivity index (χ0v) is 15.3. The summed E-state index contributed by atoms with van der Waals surface area (Å²) in [4.78, 5) is 0. The summed E-state index contributed by atoms with van der Waals surface area (Å²) >= 11 is 0. The molecule has 1 N–H and O–H groups in total. The minimum Gasteiger partial charge on any atom is -0.362 e. The first-order valence-electron chi connectivity index (χ1n) is 9.97. The Morgan fingerprint density at radius 2 is 0.864 bits per heavy atom. The summed E-state index contributed by atoms with van der Waals surface area (Å²) in [6.07, 6.45) is 21.4. The number of alkyl halides is 1. The van der Waals surface area contributed by atoms with Crippen LogP contribution < -0.4 is 0 Å². The Hall–Kier alpha value is -0.110. The summed E-state index contributed by atoms with van der Waals surface area (Å²) in [7, 11) is 0. The van der Waals surface area contributed by atoms with E-state index in [-0.39, 0.29) is 6.42 Å². The van der Waals surface area contributed by atoms with Crippen molar-refractivity contribution in [3.63, 3.8) is 0 Å². The van der Waals surface area contributed by atoms with Crippen LogP contribution in [0.2, 0.25) is 0 Å². The summed E-state index contributed by atoms with van der Waals surface area (Å²) in [6, 6.07) is 0. The van der Waals surface area contributed by atoms with Gasteiger partial charge >= 0.3 is 0 Å². The van der Waals surface area contributed by atoms with E-state index < -0.39 is 5.85 Å². The predicted octanol–water partition coefficient (Wildman–Crippen LogP) is 7.32. The SMILES string of the molecule is CCCCCCCCCCCCCCCCCCC(C)(O)F. The molecule has 0 fully saturated rings. The molecule has 0 spiro atoms. The molecule has 0 aromatic rings. The average molecular weight is 317 g/mol. The third-order valence-electron chi connectivity index (χ3n) is 4.49. The maximum Gasteiger partial charge on any atom is 0.203 e. The Bertz CT molecular complexity index is 210. The molecule has 0 amide bonds. The maximum atomic E-state index is 12.8. The van der Waals surface area contributed by atoms with E-state index >= 15 is 0 Å². The molecule has 0 aliphatic carbocycles. The number of rotatable bonds is 17.